The Morgan fingerprint density at radius 3 is 2.83 bits per heavy atom. The van der Waals surface area contributed by atoms with Crippen molar-refractivity contribution in [2.45, 2.75) is 19.4 Å². The Balaban J connectivity index is 1.72. The van der Waals surface area contributed by atoms with Crippen LogP contribution in [-0.4, -0.2) is 68.7 Å². The maximum Gasteiger partial charge on any atom is 0.193 e. The summed E-state index contributed by atoms with van der Waals surface area (Å²) in [5, 5.41) is 5.51. The second-order valence-corrected chi connectivity index (χ2v) is 8.20. The van der Waals surface area contributed by atoms with Crippen LogP contribution in [0.15, 0.2) is 46.8 Å². The maximum atomic E-state index is 13.9. The quantitative estimate of drug-likeness (QED) is 0.527. The maximum absolute atomic E-state index is 13.9. The lowest BCUT2D eigenvalue weighted by atomic mass is 10.0. The second kappa shape index (κ2) is 11.3. The fourth-order valence-electron chi connectivity index (χ4n) is 3.52. The first-order valence-corrected chi connectivity index (χ1v) is 11.1. The number of halogens is 1. The van der Waals surface area contributed by atoms with Gasteiger partial charge >= 0.3 is 0 Å². The fourth-order valence-corrected chi connectivity index (χ4v) is 4.21. The van der Waals surface area contributed by atoms with Crippen molar-refractivity contribution in [1.82, 2.24) is 15.1 Å². The Labute approximate surface area is 177 Å². The molecule has 0 spiro atoms. The summed E-state index contributed by atoms with van der Waals surface area (Å²) in [6.45, 7) is 7.44. The van der Waals surface area contributed by atoms with Crippen LogP contribution in [-0.2, 0) is 11.2 Å². The highest BCUT2D eigenvalue weighted by Gasteiger charge is 2.23. The largest absolute Gasteiger partial charge is 0.379 e. The minimum absolute atomic E-state index is 0.0361. The van der Waals surface area contributed by atoms with Crippen molar-refractivity contribution in [3.8, 4) is 0 Å². The van der Waals surface area contributed by atoms with Gasteiger partial charge in [-0.3, -0.25) is 9.89 Å². The van der Waals surface area contributed by atoms with Crippen molar-refractivity contribution in [3.05, 3.63) is 58.0 Å². The Bertz CT molecular complexity index is 762. The van der Waals surface area contributed by atoms with Gasteiger partial charge in [0.15, 0.2) is 5.96 Å². The van der Waals surface area contributed by atoms with Crippen molar-refractivity contribution < 1.29 is 9.13 Å². The molecule has 1 saturated heterocycles. The molecule has 0 saturated carbocycles. The van der Waals surface area contributed by atoms with Gasteiger partial charge in [0, 0.05) is 38.1 Å². The van der Waals surface area contributed by atoms with E-state index in [1.807, 2.05) is 6.07 Å². The lowest BCUT2D eigenvalue weighted by molar-refractivity contribution is 0.0179. The van der Waals surface area contributed by atoms with E-state index in [1.54, 1.807) is 23.5 Å². The van der Waals surface area contributed by atoms with E-state index in [0.717, 1.165) is 44.1 Å². The Morgan fingerprint density at radius 2 is 2.14 bits per heavy atom. The average Bonchev–Trinajstić information content (AvgIpc) is 3.26. The molecule has 1 aromatic carbocycles. The number of benzene rings is 1. The molecule has 1 unspecified atom stereocenters. The summed E-state index contributed by atoms with van der Waals surface area (Å²) >= 11 is 1.78. The van der Waals surface area contributed by atoms with Crippen LogP contribution in [0, 0.1) is 5.82 Å². The average molecular weight is 419 g/mol. The minimum atomic E-state index is -0.204. The van der Waals surface area contributed by atoms with Crippen molar-refractivity contribution in [2.24, 2.45) is 4.99 Å². The van der Waals surface area contributed by atoms with E-state index in [1.165, 1.54) is 10.9 Å². The molecule has 7 heteroatoms. The van der Waals surface area contributed by atoms with Crippen LogP contribution in [0.25, 0.3) is 0 Å². The third kappa shape index (κ3) is 6.52. The summed E-state index contributed by atoms with van der Waals surface area (Å²) in [5.74, 6) is 0.684. The van der Waals surface area contributed by atoms with Gasteiger partial charge in [-0.25, -0.2) is 4.39 Å². The molecular formula is C22H31FN4OS. The number of thiophene rings is 1. The molecule has 1 atom stereocenters. The molecule has 0 bridgehead atoms. The van der Waals surface area contributed by atoms with Crippen LogP contribution in [0.3, 0.4) is 0 Å². The third-order valence-electron chi connectivity index (χ3n) is 5.10. The highest BCUT2D eigenvalue weighted by atomic mass is 32.1. The van der Waals surface area contributed by atoms with E-state index in [9.17, 15) is 4.39 Å². The zero-order valence-electron chi connectivity index (χ0n) is 17.3. The van der Waals surface area contributed by atoms with Crippen LogP contribution in [0.1, 0.15) is 23.4 Å². The van der Waals surface area contributed by atoms with Crippen molar-refractivity contribution in [1.29, 1.82) is 0 Å². The normalized spacial score (nSPS) is 16.6. The molecule has 0 aliphatic carbocycles. The first kappa shape index (κ1) is 21.7. The Hall–Kier alpha value is -1.96. The molecule has 1 fully saturated rings. The first-order valence-electron chi connectivity index (χ1n) is 10.3. The molecule has 1 aromatic heterocycles. The summed E-state index contributed by atoms with van der Waals surface area (Å²) < 4.78 is 19.4. The number of likely N-dealkylation sites (N-methyl/N-ethyl adjacent to an activating group) is 1. The molecule has 29 heavy (non-hydrogen) atoms. The summed E-state index contributed by atoms with van der Waals surface area (Å²) in [7, 11) is 2.07. The Kier molecular flexibility index (Phi) is 8.46. The molecular weight excluding hydrogens is 387 g/mol. The molecule has 5 nitrogen and oxygen atoms in total. The predicted octanol–water partition coefficient (Wildman–Crippen LogP) is 3.40. The van der Waals surface area contributed by atoms with Crippen LogP contribution in [0.2, 0.25) is 0 Å². The van der Waals surface area contributed by atoms with Gasteiger partial charge in [-0.2, -0.15) is 0 Å². The molecule has 3 rings (SSSR count). The molecule has 0 amide bonds. The highest BCUT2D eigenvalue weighted by Crippen LogP contribution is 2.23. The lowest BCUT2D eigenvalue weighted by Gasteiger charge is -2.34. The number of nitrogens with one attached hydrogen (secondary N) is 1. The zero-order valence-corrected chi connectivity index (χ0v) is 18.1. The molecule has 0 radical (unpaired) electrons. The lowest BCUT2D eigenvalue weighted by Crippen LogP contribution is -2.42. The first-order chi connectivity index (χ1) is 14.2. The summed E-state index contributed by atoms with van der Waals surface area (Å²) in [5.41, 5.74) is 0.965. The van der Waals surface area contributed by atoms with Gasteiger partial charge < -0.3 is 15.0 Å². The third-order valence-corrected chi connectivity index (χ3v) is 6.04. The van der Waals surface area contributed by atoms with Crippen molar-refractivity contribution in [3.63, 3.8) is 0 Å². The molecule has 1 aliphatic heterocycles. The minimum Gasteiger partial charge on any atom is -0.379 e. The van der Waals surface area contributed by atoms with Gasteiger partial charge in [-0.15, -0.1) is 11.3 Å². The van der Waals surface area contributed by atoms with E-state index in [-0.39, 0.29) is 11.9 Å². The van der Waals surface area contributed by atoms with Crippen LogP contribution >= 0.6 is 11.3 Å². The number of hydrogen-bond donors (Lipinski definition) is 1. The van der Waals surface area contributed by atoms with Crippen molar-refractivity contribution in [2.75, 3.05) is 53.0 Å². The molecule has 2 aromatic rings. The Morgan fingerprint density at radius 1 is 1.31 bits per heavy atom. The predicted molar refractivity (Wildman–Crippen MR) is 118 cm³/mol. The van der Waals surface area contributed by atoms with Gasteiger partial charge in [0.1, 0.15) is 5.82 Å². The standard InChI is InChI=1S/C22H31FN4OS/c1-3-24-22(26(2)10-9-20-8-5-15-29-20)25-17-21(27-11-13-28-14-12-27)18-6-4-7-19(23)16-18/h4-8,15-16,21H,3,9-14,17H2,1-2H3,(H,24,25). The van der Waals surface area contributed by atoms with E-state index in [4.69, 9.17) is 9.73 Å². The molecule has 158 valence electrons. The molecule has 1 aliphatic rings. The number of rotatable bonds is 8. The SMILES string of the molecule is CCNC(=NCC(c1cccc(F)c1)N1CCOCC1)N(C)CCc1cccs1. The smallest absolute Gasteiger partial charge is 0.193 e. The summed E-state index contributed by atoms with van der Waals surface area (Å²) in [6, 6.07) is 11.2. The van der Waals surface area contributed by atoms with Gasteiger partial charge in [-0.05, 0) is 42.5 Å². The van der Waals surface area contributed by atoms with Gasteiger partial charge in [0.2, 0.25) is 0 Å². The van der Waals surface area contributed by atoms with Gasteiger partial charge in [-0.1, -0.05) is 18.2 Å². The second-order valence-electron chi connectivity index (χ2n) is 7.16. The highest BCUT2D eigenvalue weighted by molar-refractivity contribution is 7.09. The molecule has 2 heterocycles. The summed E-state index contributed by atoms with van der Waals surface area (Å²) in [4.78, 5) is 10.8. The van der Waals surface area contributed by atoms with E-state index in [0.29, 0.717) is 19.8 Å². The van der Waals surface area contributed by atoms with Crippen LogP contribution in [0.5, 0.6) is 0 Å². The number of guanidine groups is 1. The van der Waals surface area contributed by atoms with Gasteiger partial charge in [0.25, 0.3) is 0 Å². The van der Waals surface area contributed by atoms with E-state index >= 15 is 0 Å². The zero-order chi connectivity index (χ0) is 20.5. The van der Waals surface area contributed by atoms with Gasteiger partial charge in [0.05, 0.1) is 25.8 Å². The molecule has 1 N–H and O–H groups in total. The van der Waals surface area contributed by atoms with Crippen LogP contribution in [0.4, 0.5) is 4.39 Å². The van der Waals surface area contributed by atoms with E-state index < -0.39 is 0 Å². The number of ether oxygens (including phenoxy) is 1. The number of hydrogen-bond acceptors (Lipinski definition) is 4. The number of nitrogens with zero attached hydrogens (tertiary/aromatic N) is 3. The monoisotopic (exact) mass is 418 g/mol. The topological polar surface area (TPSA) is 40.1 Å². The van der Waals surface area contributed by atoms with E-state index in [2.05, 4.69) is 46.6 Å². The summed E-state index contributed by atoms with van der Waals surface area (Å²) in [6.07, 6.45) is 0.995. The fraction of sp³-hybridized carbons (Fsp3) is 0.500. The van der Waals surface area contributed by atoms with Crippen LogP contribution < -0.4 is 5.32 Å². The van der Waals surface area contributed by atoms with Crippen molar-refractivity contribution >= 4 is 17.3 Å². The number of morpholine rings is 1. The number of aliphatic imine (C=N–C) groups is 1.